The Balaban J connectivity index is 1.40. The highest BCUT2D eigenvalue weighted by atomic mass is 32.1. The van der Waals surface area contributed by atoms with Crippen LogP contribution in [0.4, 0.5) is 5.95 Å². The molecule has 0 N–H and O–H groups in total. The van der Waals surface area contributed by atoms with Crippen LogP contribution in [0, 0.1) is 0 Å². The third-order valence-electron chi connectivity index (χ3n) is 4.59. The van der Waals surface area contributed by atoms with E-state index in [9.17, 15) is 4.79 Å². The monoisotopic (exact) mass is 379 g/mol. The van der Waals surface area contributed by atoms with Gasteiger partial charge in [-0.25, -0.2) is 15.0 Å². The van der Waals surface area contributed by atoms with Crippen LogP contribution in [0.15, 0.2) is 54.2 Å². The second-order valence-corrected chi connectivity index (χ2v) is 7.41. The maximum Gasteiger partial charge on any atom is 0.273 e. The van der Waals surface area contributed by atoms with E-state index in [1.807, 2.05) is 34.5 Å². The molecule has 1 fully saturated rings. The van der Waals surface area contributed by atoms with Crippen molar-refractivity contribution in [3.8, 4) is 0 Å². The molecule has 0 saturated carbocycles. The Labute approximate surface area is 162 Å². The number of hydrogen-bond donors (Lipinski definition) is 0. The molecule has 1 aliphatic heterocycles. The van der Waals surface area contributed by atoms with Crippen molar-refractivity contribution in [3.05, 3.63) is 70.4 Å². The molecule has 6 nitrogen and oxygen atoms in total. The Morgan fingerprint density at radius 3 is 2.63 bits per heavy atom. The Morgan fingerprint density at radius 2 is 1.81 bits per heavy atom. The predicted octanol–water partition coefficient (Wildman–Crippen LogP) is 2.88. The van der Waals surface area contributed by atoms with E-state index >= 15 is 0 Å². The number of nitrogens with zero attached hydrogens (tertiary/aromatic N) is 5. The summed E-state index contributed by atoms with van der Waals surface area (Å²) in [4.78, 5) is 30.1. The molecule has 4 rings (SSSR count). The van der Waals surface area contributed by atoms with E-state index in [1.54, 1.807) is 23.7 Å². The highest BCUT2D eigenvalue weighted by Gasteiger charge is 2.23. The molecular formula is C20H21N5OS. The van der Waals surface area contributed by atoms with E-state index < -0.39 is 0 Å². The molecule has 0 atom stereocenters. The van der Waals surface area contributed by atoms with Gasteiger partial charge in [-0.2, -0.15) is 0 Å². The minimum absolute atomic E-state index is 0.0152. The molecule has 7 heteroatoms. The van der Waals surface area contributed by atoms with Gasteiger partial charge in [0.15, 0.2) is 0 Å². The molecule has 0 aliphatic carbocycles. The Bertz CT molecular complexity index is 884. The fraction of sp³-hybridized carbons (Fsp3) is 0.300. The Kier molecular flexibility index (Phi) is 5.39. The first-order chi connectivity index (χ1) is 13.3. The normalized spacial score (nSPS) is 14.8. The summed E-state index contributed by atoms with van der Waals surface area (Å²) in [7, 11) is 0. The number of hydrogen-bond acceptors (Lipinski definition) is 6. The van der Waals surface area contributed by atoms with Crippen LogP contribution >= 0.6 is 11.3 Å². The predicted molar refractivity (Wildman–Crippen MR) is 106 cm³/mol. The molecule has 0 unspecified atom stereocenters. The maximum absolute atomic E-state index is 12.9. The third-order valence-corrected chi connectivity index (χ3v) is 5.44. The second kappa shape index (κ2) is 8.26. The van der Waals surface area contributed by atoms with E-state index in [2.05, 4.69) is 32.0 Å². The largest absolute Gasteiger partial charge is 0.339 e. The minimum Gasteiger partial charge on any atom is -0.339 e. The molecule has 1 aliphatic rings. The molecule has 0 spiro atoms. The van der Waals surface area contributed by atoms with Gasteiger partial charge >= 0.3 is 0 Å². The van der Waals surface area contributed by atoms with Gasteiger partial charge < -0.3 is 9.80 Å². The van der Waals surface area contributed by atoms with Gasteiger partial charge in [-0.15, -0.1) is 11.3 Å². The lowest BCUT2D eigenvalue weighted by Gasteiger charge is -2.21. The van der Waals surface area contributed by atoms with Crippen molar-refractivity contribution in [2.24, 2.45) is 0 Å². The molecule has 27 heavy (non-hydrogen) atoms. The van der Waals surface area contributed by atoms with E-state index in [1.165, 1.54) is 5.56 Å². The summed E-state index contributed by atoms with van der Waals surface area (Å²) >= 11 is 1.55. The lowest BCUT2D eigenvalue weighted by molar-refractivity contribution is 0.0761. The zero-order valence-electron chi connectivity index (χ0n) is 15.0. The molecule has 138 valence electrons. The van der Waals surface area contributed by atoms with Crippen LogP contribution in [0.2, 0.25) is 0 Å². The Morgan fingerprint density at radius 1 is 1.00 bits per heavy atom. The van der Waals surface area contributed by atoms with E-state index in [0.29, 0.717) is 12.2 Å². The number of benzene rings is 1. The fourth-order valence-corrected chi connectivity index (χ4v) is 4.00. The molecule has 1 saturated heterocycles. The van der Waals surface area contributed by atoms with Gasteiger partial charge in [0.25, 0.3) is 5.91 Å². The van der Waals surface area contributed by atoms with Crippen LogP contribution in [-0.2, 0) is 6.42 Å². The molecule has 2 aromatic heterocycles. The molecular weight excluding hydrogens is 358 g/mol. The molecule has 3 aromatic rings. The van der Waals surface area contributed by atoms with Crippen molar-refractivity contribution in [2.75, 3.05) is 31.1 Å². The van der Waals surface area contributed by atoms with Crippen LogP contribution in [-0.4, -0.2) is 51.9 Å². The molecule has 1 amide bonds. The van der Waals surface area contributed by atoms with Crippen molar-refractivity contribution >= 4 is 23.2 Å². The number of carbonyl (C=O) groups excluding carboxylic acids is 1. The highest BCUT2D eigenvalue weighted by molar-refractivity contribution is 7.09. The van der Waals surface area contributed by atoms with Gasteiger partial charge in [0, 0.05) is 50.4 Å². The van der Waals surface area contributed by atoms with Gasteiger partial charge in [0.05, 0.1) is 5.01 Å². The van der Waals surface area contributed by atoms with Crippen molar-refractivity contribution in [2.45, 2.75) is 12.8 Å². The van der Waals surface area contributed by atoms with Gasteiger partial charge in [-0.05, 0) is 18.1 Å². The summed E-state index contributed by atoms with van der Waals surface area (Å²) < 4.78 is 0. The van der Waals surface area contributed by atoms with Gasteiger partial charge in [0.2, 0.25) is 5.95 Å². The summed E-state index contributed by atoms with van der Waals surface area (Å²) in [6, 6.07) is 12.0. The molecule has 3 heterocycles. The first kappa shape index (κ1) is 17.6. The number of anilines is 1. The fourth-order valence-electron chi connectivity index (χ4n) is 3.20. The van der Waals surface area contributed by atoms with E-state index in [4.69, 9.17) is 0 Å². The van der Waals surface area contributed by atoms with Gasteiger partial charge in [-0.3, -0.25) is 4.79 Å². The van der Waals surface area contributed by atoms with E-state index in [-0.39, 0.29) is 5.91 Å². The van der Waals surface area contributed by atoms with Crippen LogP contribution in [0.5, 0.6) is 0 Å². The van der Waals surface area contributed by atoms with Crippen molar-refractivity contribution in [1.82, 2.24) is 19.9 Å². The molecule has 0 bridgehead atoms. The van der Waals surface area contributed by atoms with Crippen LogP contribution in [0.3, 0.4) is 0 Å². The lowest BCUT2D eigenvalue weighted by Crippen LogP contribution is -2.35. The van der Waals surface area contributed by atoms with Crippen LogP contribution < -0.4 is 4.90 Å². The summed E-state index contributed by atoms with van der Waals surface area (Å²) in [6.07, 6.45) is 5.16. The van der Waals surface area contributed by atoms with Gasteiger partial charge in [0.1, 0.15) is 5.69 Å². The summed E-state index contributed by atoms with van der Waals surface area (Å²) in [6.45, 7) is 2.97. The van der Waals surface area contributed by atoms with Crippen molar-refractivity contribution in [3.63, 3.8) is 0 Å². The highest BCUT2D eigenvalue weighted by Crippen LogP contribution is 2.17. The Hall–Kier alpha value is -2.80. The summed E-state index contributed by atoms with van der Waals surface area (Å²) in [5.74, 6) is 0.743. The summed E-state index contributed by atoms with van der Waals surface area (Å²) in [5.41, 5.74) is 1.76. The summed E-state index contributed by atoms with van der Waals surface area (Å²) in [5, 5.41) is 2.85. The van der Waals surface area contributed by atoms with Crippen LogP contribution in [0.25, 0.3) is 0 Å². The molecule has 1 aromatic carbocycles. The first-order valence-corrected chi connectivity index (χ1v) is 9.97. The second-order valence-electron chi connectivity index (χ2n) is 6.47. The van der Waals surface area contributed by atoms with Crippen LogP contribution in [0.1, 0.15) is 27.5 Å². The quantitative estimate of drug-likeness (QED) is 0.698. The van der Waals surface area contributed by atoms with Crippen molar-refractivity contribution in [1.29, 1.82) is 0 Å². The average Bonchev–Trinajstić information content (AvgIpc) is 3.04. The third kappa shape index (κ3) is 4.31. The molecule has 0 radical (unpaired) electrons. The first-order valence-electron chi connectivity index (χ1n) is 9.09. The number of amides is 1. The minimum atomic E-state index is 0.0152. The zero-order chi connectivity index (χ0) is 18.5. The van der Waals surface area contributed by atoms with Crippen molar-refractivity contribution < 1.29 is 4.79 Å². The zero-order valence-corrected chi connectivity index (χ0v) is 15.8. The number of thiazole rings is 1. The topological polar surface area (TPSA) is 62.2 Å². The number of aromatic nitrogens is 3. The number of carbonyl (C=O) groups is 1. The number of rotatable bonds is 4. The SMILES string of the molecule is O=C(c1csc(Cc2ccccc2)n1)N1CCCN(c2ncccn2)CC1. The maximum atomic E-state index is 12.9. The van der Waals surface area contributed by atoms with E-state index in [0.717, 1.165) is 43.4 Å². The smallest absolute Gasteiger partial charge is 0.273 e. The average molecular weight is 379 g/mol. The lowest BCUT2D eigenvalue weighted by atomic mass is 10.2. The standard InChI is InChI=1S/C20H21N5OS/c26-19(17-15-27-18(23-17)14-16-6-2-1-3-7-16)24-10-5-11-25(13-12-24)20-21-8-4-9-22-20/h1-4,6-9,15H,5,10-14H2. The van der Waals surface area contributed by atoms with Gasteiger partial charge in [-0.1, -0.05) is 30.3 Å².